The van der Waals surface area contributed by atoms with Crippen LogP contribution in [0.5, 0.6) is 5.75 Å². The highest BCUT2D eigenvalue weighted by Crippen LogP contribution is 2.35. The number of amides is 1. The molecule has 0 aliphatic carbocycles. The number of nitrogens with one attached hydrogen (secondary N) is 1. The number of sulfonamides is 1. The Kier molecular flexibility index (Phi) is 9.37. The van der Waals surface area contributed by atoms with Gasteiger partial charge in [0.25, 0.3) is 0 Å². The van der Waals surface area contributed by atoms with Crippen LogP contribution in [0.4, 0.5) is 5.69 Å². The van der Waals surface area contributed by atoms with Crippen molar-refractivity contribution in [3.63, 3.8) is 0 Å². The maximum Gasteiger partial charge on any atom is 0.232 e. The molecule has 0 atom stereocenters. The molecule has 0 radical (unpaired) electrons. The SMILES string of the molecule is CS(=O)(=O)N(CCCC(=O)NCCOc1ccc(Cl)cc1)c1cc(Cl)c(Cl)cc1Cl. The number of benzene rings is 2. The van der Waals surface area contributed by atoms with E-state index in [1.54, 1.807) is 24.3 Å². The number of halogens is 4. The normalized spacial score (nSPS) is 11.2. The van der Waals surface area contributed by atoms with E-state index in [0.29, 0.717) is 23.9 Å². The van der Waals surface area contributed by atoms with E-state index in [2.05, 4.69) is 5.32 Å². The standard InChI is InChI=1S/C19H20Cl4N2O4S/c1-30(27,28)25(18-12-16(22)15(21)11-17(18)23)9-2-3-19(26)24-8-10-29-14-6-4-13(20)5-7-14/h4-7,11-12H,2-3,8-10H2,1H3,(H,24,26). The van der Waals surface area contributed by atoms with Gasteiger partial charge in [0, 0.05) is 18.0 Å². The Morgan fingerprint density at radius 3 is 2.30 bits per heavy atom. The van der Waals surface area contributed by atoms with Crippen LogP contribution in [0, 0.1) is 0 Å². The minimum Gasteiger partial charge on any atom is -0.492 e. The second-order valence-corrected chi connectivity index (χ2v) is 9.87. The molecule has 0 saturated carbocycles. The monoisotopic (exact) mass is 512 g/mol. The molecular formula is C19H20Cl4N2O4S. The number of ether oxygens (including phenoxy) is 1. The summed E-state index contributed by atoms with van der Waals surface area (Å²) in [5.41, 5.74) is 0.213. The molecule has 0 heterocycles. The van der Waals surface area contributed by atoms with Gasteiger partial charge in [0.05, 0.1) is 33.6 Å². The first kappa shape index (κ1) is 24.9. The van der Waals surface area contributed by atoms with Crippen molar-refractivity contribution in [2.24, 2.45) is 0 Å². The van der Waals surface area contributed by atoms with Crippen molar-refractivity contribution in [3.05, 3.63) is 56.5 Å². The van der Waals surface area contributed by atoms with Crippen LogP contribution in [0.3, 0.4) is 0 Å². The van der Waals surface area contributed by atoms with Crippen LogP contribution in [0.25, 0.3) is 0 Å². The quantitative estimate of drug-likeness (QED) is 0.356. The van der Waals surface area contributed by atoms with Gasteiger partial charge < -0.3 is 10.1 Å². The molecule has 0 saturated heterocycles. The molecule has 0 bridgehead atoms. The number of nitrogens with zero attached hydrogens (tertiary/aromatic N) is 1. The summed E-state index contributed by atoms with van der Waals surface area (Å²) in [4.78, 5) is 12.0. The van der Waals surface area contributed by atoms with Gasteiger partial charge in [-0.3, -0.25) is 9.10 Å². The molecule has 0 fully saturated rings. The third kappa shape index (κ3) is 7.71. The maximum atomic E-state index is 12.2. The molecule has 11 heteroatoms. The van der Waals surface area contributed by atoms with Crippen LogP contribution in [-0.4, -0.2) is 40.3 Å². The van der Waals surface area contributed by atoms with Gasteiger partial charge >= 0.3 is 0 Å². The summed E-state index contributed by atoms with van der Waals surface area (Å²) in [6.45, 7) is 0.669. The van der Waals surface area contributed by atoms with Crippen LogP contribution >= 0.6 is 46.4 Å². The molecule has 6 nitrogen and oxygen atoms in total. The summed E-state index contributed by atoms with van der Waals surface area (Å²) in [5.74, 6) is 0.430. The predicted molar refractivity (Wildman–Crippen MR) is 123 cm³/mol. The number of anilines is 1. The van der Waals surface area contributed by atoms with Crippen molar-refractivity contribution in [1.29, 1.82) is 0 Å². The molecular weight excluding hydrogens is 494 g/mol. The minimum atomic E-state index is -3.64. The van der Waals surface area contributed by atoms with E-state index in [1.807, 2.05) is 0 Å². The molecule has 1 amide bonds. The average molecular weight is 514 g/mol. The molecule has 2 aromatic carbocycles. The fourth-order valence-corrected chi connectivity index (χ4v) is 4.32. The summed E-state index contributed by atoms with van der Waals surface area (Å²) < 4.78 is 31.0. The number of carbonyl (C=O) groups excluding carboxylic acids is 1. The van der Waals surface area contributed by atoms with Crippen LogP contribution < -0.4 is 14.4 Å². The van der Waals surface area contributed by atoms with Crippen LogP contribution in [0.1, 0.15) is 12.8 Å². The van der Waals surface area contributed by atoms with Crippen LogP contribution in [-0.2, 0) is 14.8 Å². The van der Waals surface area contributed by atoms with E-state index < -0.39 is 10.0 Å². The summed E-state index contributed by atoms with van der Waals surface area (Å²) >= 11 is 23.8. The van der Waals surface area contributed by atoms with Crippen molar-refractivity contribution in [2.45, 2.75) is 12.8 Å². The fraction of sp³-hybridized carbons (Fsp3) is 0.316. The zero-order chi connectivity index (χ0) is 22.3. The van der Waals surface area contributed by atoms with Gasteiger partial charge in [-0.15, -0.1) is 0 Å². The topological polar surface area (TPSA) is 75.7 Å². The van der Waals surface area contributed by atoms with Crippen molar-refractivity contribution in [1.82, 2.24) is 5.32 Å². The highest BCUT2D eigenvalue weighted by atomic mass is 35.5. The Bertz CT molecular complexity index is 985. The van der Waals surface area contributed by atoms with Crippen molar-refractivity contribution < 1.29 is 17.9 Å². The van der Waals surface area contributed by atoms with Crippen molar-refractivity contribution in [2.75, 3.05) is 30.3 Å². The van der Waals surface area contributed by atoms with E-state index in [0.717, 1.165) is 10.6 Å². The first-order chi connectivity index (χ1) is 14.1. The smallest absolute Gasteiger partial charge is 0.232 e. The minimum absolute atomic E-state index is 0.0607. The number of hydrogen-bond acceptors (Lipinski definition) is 4. The molecule has 30 heavy (non-hydrogen) atoms. The van der Waals surface area contributed by atoms with Crippen LogP contribution in [0.2, 0.25) is 20.1 Å². The van der Waals surface area contributed by atoms with Crippen molar-refractivity contribution >= 4 is 68.0 Å². The molecule has 0 aliphatic rings. The molecule has 0 aromatic heterocycles. The first-order valence-electron chi connectivity index (χ1n) is 8.85. The lowest BCUT2D eigenvalue weighted by Crippen LogP contribution is -2.33. The third-order valence-electron chi connectivity index (χ3n) is 3.93. The van der Waals surface area contributed by atoms with E-state index in [1.165, 1.54) is 12.1 Å². The summed E-state index contributed by atoms with van der Waals surface area (Å²) in [7, 11) is -3.64. The van der Waals surface area contributed by atoms with Crippen LogP contribution in [0.15, 0.2) is 36.4 Å². The number of carbonyl (C=O) groups is 1. The molecule has 0 spiro atoms. The second-order valence-electron chi connectivity index (χ2n) is 6.31. The zero-order valence-corrected chi connectivity index (χ0v) is 19.8. The zero-order valence-electron chi connectivity index (χ0n) is 16.0. The van der Waals surface area contributed by atoms with Gasteiger partial charge in [-0.2, -0.15) is 0 Å². The van der Waals surface area contributed by atoms with Gasteiger partial charge in [-0.1, -0.05) is 46.4 Å². The lowest BCUT2D eigenvalue weighted by molar-refractivity contribution is -0.121. The van der Waals surface area contributed by atoms with E-state index in [-0.39, 0.29) is 46.0 Å². The van der Waals surface area contributed by atoms with E-state index in [4.69, 9.17) is 51.1 Å². The summed E-state index contributed by atoms with van der Waals surface area (Å²) in [6.07, 6.45) is 1.47. The fourth-order valence-electron chi connectivity index (χ4n) is 2.53. The van der Waals surface area contributed by atoms with Gasteiger partial charge in [0.1, 0.15) is 12.4 Å². The van der Waals surface area contributed by atoms with E-state index >= 15 is 0 Å². The lowest BCUT2D eigenvalue weighted by atomic mass is 10.2. The van der Waals surface area contributed by atoms with Crippen molar-refractivity contribution in [3.8, 4) is 5.75 Å². The number of rotatable bonds is 10. The largest absolute Gasteiger partial charge is 0.492 e. The Hall–Kier alpha value is -1.38. The number of hydrogen-bond donors (Lipinski definition) is 1. The molecule has 0 unspecified atom stereocenters. The highest BCUT2D eigenvalue weighted by molar-refractivity contribution is 7.92. The van der Waals surface area contributed by atoms with Gasteiger partial charge in [-0.05, 0) is 42.8 Å². The molecule has 2 aromatic rings. The Labute approximate surface area is 196 Å². The first-order valence-corrected chi connectivity index (χ1v) is 12.2. The van der Waals surface area contributed by atoms with Gasteiger partial charge in [0.15, 0.2) is 0 Å². The molecule has 2 rings (SSSR count). The average Bonchev–Trinajstić information content (AvgIpc) is 2.66. The van der Waals surface area contributed by atoms with E-state index in [9.17, 15) is 13.2 Å². The third-order valence-corrected chi connectivity index (χ3v) is 6.39. The Balaban J connectivity index is 1.83. The maximum absolute atomic E-state index is 12.2. The molecule has 164 valence electrons. The lowest BCUT2D eigenvalue weighted by Gasteiger charge is -2.24. The summed E-state index contributed by atoms with van der Waals surface area (Å²) in [6, 6.07) is 9.66. The van der Waals surface area contributed by atoms with Gasteiger partial charge in [0.2, 0.25) is 15.9 Å². The second kappa shape index (κ2) is 11.3. The Morgan fingerprint density at radius 2 is 1.67 bits per heavy atom. The highest BCUT2D eigenvalue weighted by Gasteiger charge is 2.21. The summed E-state index contributed by atoms with van der Waals surface area (Å²) in [5, 5.41) is 3.89. The Morgan fingerprint density at radius 1 is 1.03 bits per heavy atom. The van der Waals surface area contributed by atoms with Gasteiger partial charge in [-0.25, -0.2) is 8.42 Å². The molecule has 0 aliphatic heterocycles. The predicted octanol–water partition coefficient (Wildman–Crippen LogP) is 5.04. The molecule has 1 N–H and O–H groups in total.